The summed E-state index contributed by atoms with van der Waals surface area (Å²) >= 11 is 0. The minimum Gasteiger partial charge on any atom is -0.399 e. The first kappa shape index (κ1) is 12.4. The number of sulfonamides is 1. The summed E-state index contributed by atoms with van der Waals surface area (Å²) in [5.74, 6) is 0. The Morgan fingerprint density at radius 2 is 1.94 bits per heavy atom. The normalized spacial score (nSPS) is 17.5. The third-order valence-corrected chi connectivity index (χ3v) is 4.84. The van der Waals surface area contributed by atoms with Crippen molar-refractivity contribution in [1.29, 1.82) is 0 Å². The molecule has 0 saturated heterocycles. The molecule has 0 bridgehead atoms. The topological polar surface area (TPSA) is 72.2 Å². The van der Waals surface area contributed by atoms with Crippen LogP contribution in [0.5, 0.6) is 0 Å². The number of hydrogen-bond donors (Lipinski definition) is 2. The minimum absolute atomic E-state index is 0.0841. The molecule has 1 aromatic rings. The molecule has 0 aromatic heterocycles. The van der Waals surface area contributed by atoms with E-state index in [1.807, 2.05) is 0 Å². The largest absolute Gasteiger partial charge is 0.399 e. The van der Waals surface area contributed by atoms with Crippen LogP contribution in [0.2, 0.25) is 0 Å². The maximum Gasteiger partial charge on any atom is 0.241 e. The fourth-order valence-corrected chi connectivity index (χ4v) is 3.82. The van der Waals surface area contributed by atoms with Gasteiger partial charge < -0.3 is 5.73 Å². The molecule has 0 unspecified atom stereocenters. The highest BCUT2D eigenvalue weighted by molar-refractivity contribution is 7.89. The molecule has 5 heteroatoms. The van der Waals surface area contributed by atoms with E-state index in [0.717, 1.165) is 31.2 Å². The lowest BCUT2D eigenvalue weighted by Crippen LogP contribution is -2.33. The van der Waals surface area contributed by atoms with Crippen molar-refractivity contribution in [3.05, 3.63) is 23.8 Å². The number of aryl methyl sites for hydroxylation is 1. The summed E-state index contributed by atoms with van der Waals surface area (Å²) in [4.78, 5) is 0.296. The molecule has 1 aliphatic carbocycles. The predicted octanol–water partition coefficient (Wildman–Crippen LogP) is 1.80. The molecule has 2 rings (SSSR count). The Labute approximate surface area is 102 Å². The molecule has 0 spiro atoms. The summed E-state index contributed by atoms with van der Waals surface area (Å²) in [6, 6.07) is 5.05. The summed E-state index contributed by atoms with van der Waals surface area (Å²) in [6.45, 7) is 1.78. The lowest BCUT2D eigenvalue weighted by Gasteiger charge is -2.14. The monoisotopic (exact) mass is 254 g/mol. The van der Waals surface area contributed by atoms with Crippen molar-refractivity contribution >= 4 is 15.7 Å². The highest BCUT2D eigenvalue weighted by atomic mass is 32.2. The van der Waals surface area contributed by atoms with Crippen LogP contribution < -0.4 is 10.5 Å². The van der Waals surface area contributed by atoms with Gasteiger partial charge in [-0.15, -0.1) is 0 Å². The van der Waals surface area contributed by atoms with Crippen molar-refractivity contribution in [3.8, 4) is 0 Å². The maximum absolute atomic E-state index is 12.2. The average Bonchev–Trinajstić information content (AvgIpc) is 2.73. The SMILES string of the molecule is Cc1ccc(N)cc1S(=O)(=O)NC1CCCC1. The van der Waals surface area contributed by atoms with E-state index in [0.29, 0.717) is 10.6 Å². The van der Waals surface area contributed by atoms with E-state index in [2.05, 4.69) is 4.72 Å². The number of nitrogens with one attached hydrogen (secondary N) is 1. The molecule has 3 N–H and O–H groups in total. The lowest BCUT2D eigenvalue weighted by molar-refractivity contribution is 0.552. The van der Waals surface area contributed by atoms with Crippen LogP contribution in [0, 0.1) is 6.92 Å². The Hall–Kier alpha value is -1.07. The Bertz CT molecular complexity index is 505. The third kappa shape index (κ3) is 2.79. The Balaban J connectivity index is 2.27. The first-order valence-corrected chi connectivity index (χ1v) is 7.36. The summed E-state index contributed by atoms with van der Waals surface area (Å²) < 4.78 is 27.1. The van der Waals surface area contributed by atoms with Crippen molar-refractivity contribution in [1.82, 2.24) is 4.72 Å². The molecule has 0 amide bonds. The second kappa shape index (κ2) is 4.66. The highest BCUT2D eigenvalue weighted by Crippen LogP contribution is 2.23. The predicted molar refractivity (Wildman–Crippen MR) is 68.2 cm³/mol. The maximum atomic E-state index is 12.2. The summed E-state index contributed by atoms with van der Waals surface area (Å²) in [5, 5.41) is 0. The molecule has 4 nitrogen and oxygen atoms in total. The average molecular weight is 254 g/mol. The van der Waals surface area contributed by atoms with Crippen molar-refractivity contribution in [2.45, 2.75) is 43.5 Å². The van der Waals surface area contributed by atoms with E-state index in [9.17, 15) is 8.42 Å². The van der Waals surface area contributed by atoms with Crippen molar-refractivity contribution in [2.75, 3.05) is 5.73 Å². The van der Waals surface area contributed by atoms with Gasteiger partial charge in [-0.3, -0.25) is 0 Å². The molecule has 94 valence electrons. The lowest BCUT2D eigenvalue weighted by atomic mass is 10.2. The standard InChI is InChI=1S/C12H18N2O2S/c1-9-6-7-10(13)8-12(9)17(15,16)14-11-4-2-3-5-11/h6-8,11,14H,2-5,13H2,1H3. The van der Waals surface area contributed by atoms with Crippen LogP contribution in [0.4, 0.5) is 5.69 Å². The van der Waals surface area contributed by atoms with E-state index in [-0.39, 0.29) is 6.04 Å². The molecule has 0 radical (unpaired) electrons. The summed E-state index contributed by atoms with van der Waals surface area (Å²) in [7, 11) is -3.43. The van der Waals surface area contributed by atoms with Crippen LogP contribution >= 0.6 is 0 Å². The Morgan fingerprint density at radius 3 is 2.59 bits per heavy atom. The zero-order chi connectivity index (χ0) is 12.5. The molecule has 1 fully saturated rings. The molecular formula is C12H18N2O2S. The number of benzene rings is 1. The second-order valence-corrected chi connectivity index (χ2v) is 6.31. The van der Waals surface area contributed by atoms with Crippen LogP contribution in [-0.2, 0) is 10.0 Å². The second-order valence-electron chi connectivity index (χ2n) is 4.63. The van der Waals surface area contributed by atoms with Gasteiger partial charge in [0.25, 0.3) is 0 Å². The molecule has 1 aromatic carbocycles. The van der Waals surface area contributed by atoms with E-state index >= 15 is 0 Å². The van der Waals surface area contributed by atoms with Gasteiger partial charge in [0.15, 0.2) is 0 Å². The highest BCUT2D eigenvalue weighted by Gasteiger charge is 2.24. The smallest absolute Gasteiger partial charge is 0.241 e. The van der Waals surface area contributed by atoms with Crippen molar-refractivity contribution in [2.24, 2.45) is 0 Å². The number of nitrogen functional groups attached to an aromatic ring is 1. The summed E-state index contributed by atoms with van der Waals surface area (Å²) in [6.07, 6.45) is 4.06. The van der Waals surface area contributed by atoms with Gasteiger partial charge in [-0.05, 0) is 37.5 Å². The number of anilines is 1. The van der Waals surface area contributed by atoms with Gasteiger partial charge in [0.2, 0.25) is 10.0 Å². The van der Waals surface area contributed by atoms with Crippen molar-refractivity contribution in [3.63, 3.8) is 0 Å². The first-order valence-electron chi connectivity index (χ1n) is 5.87. The molecular weight excluding hydrogens is 236 g/mol. The van der Waals surface area contributed by atoms with Gasteiger partial charge >= 0.3 is 0 Å². The van der Waals surface area contributed by atoms with Crippen LogP contribution in [0.15, 0.2) is 23.1 Å². The van der Waals surface area contributed by atoms with Gasteiger partial charge in [-0.1, -0.05) is 18.9 Å². The first-order chi connectivity index (χ1) is 7.99. The minimum atomic E-state index is -3.43. The third-order valence-electron chi connectivity index (χ3n) is 3.18. The quantitative estimate of drug-likeness (QED) is 0.808. The van der Waals surface area contributed by atoms with Gasteiger partial charge in [-0.2, -0.15) is 0 Å². The Morgan fingerprint density at radius 1 is 1.29 bits per heavy atom. The van der Waals surface area contributed by atoms with Crippen LogP contribution in [0.3, 0.4) is 0 Å². The van der Waals surface area contributed by atoms with E-state index < -0.39 is 10.0 Å². The molecule has 1 saturated carbocycles. The van der Waals surface area contributed by atoms with E-state index in [1.54, 1.807) is 19.1 Å². The Kier molecular flexibility index (Phi) is 3.40. The number of rotatable bonds is 3. The van der Waals surface area contributed by atoms with Gasteiger partial charge in [-0.25, -0.2) is 13.1 Å². The van der Waals surface area contributed by atoms with E-state index in [4.69, 9.17) is 5.73 Å². The summed E-state index contributed by atoms with van der Waals surface area (Å²) in [5.41, 5.74) is 6.84. The molecule has 0 aliphatic heterocycles. The number of hydrogen-bond acceptors (Lipinski definition) is 3. The van der Waals surface area contributed by atoms with Gasteiger partial charge in [0.05, 0.1) is 4.90 Å². The molecule has 0 atom stereocenters. The molecule has 1 aliphatic rings. The zero-order valence-corrected chi connectivity index (χ0v) is 10.8. The zero-order valence-electron chi connectivity index (χ0n) is 9.94. The van der Waals surface area contributed by atoms with Gasteiger partial charge in [0, 0.05) is 11.7 Å². The number of nitrogens with two attached hydrogens (primary N) is 1. The fourth-order valence-electron chi connectivity index (χ4n) is 2.23. The van der Waals surface area contributed by atoms with Crippen LogP contribution in [-0.4, -0.2) is 14.5 Å². The molecule has 0 heterocycles. The van der Waals surface area contributed by atoms with Crippen molar-refractivity contribution < 1.29 is 8.42 Å². The molecule has 17 heavy (non-hydrogen) atoms. The van der Waals surface area contributed by atoms with Gasteiger partial charge in [0.1, 0.15) is 0 Å². The van der Waals surface area contributed by atoms with Crippen LogP contribution in [0.25, 0.3) is 0 Å². The van der Waals surface area contributed by atoms with Crippen LogP contribution in [0.1, 0.15) is 31.2 Å². The van der Waals surface area contributed by atoms with E-state index in [1.165, 1.54) is 6.07 Å². The fraction of sp³-hybridized carbons (Fsp3) is 0.500.